The van der Waals surface area contributed by atoms with E-state index in [0.29, 0.717) is 11.2 Å². The lowest BCUT2D eigenvalue weighted by Gasteiger charge is -2.44. The number of hydrogen-bond acceptors (Lipinski definition) is 6. The number of imidazole rings is 1. The van der Waals surface area contributed by atoms with E-state index in [4.69, 9.17) is 0 Å². The summed E-state index contributed by atoms with van der Waals surface area (Å²) in [4.78, 5) is 24.3. The number of benzene rings is 1. The Kier molecular flexibility index (Phi) is 3.36. The number of carbonyl (C=O) groups is 1. The highest BCUT2D eigenvalue weighted by Crippen LogP contribution is 2.23. The molecule has 1 aliphatic heterocycles. The summed E-state index contributed by atoms with van der Waals surface area (Å²) in [5, 5.41) is 12.3. The average Bonchev–Trinajstić information content (AvgIpc) is 3.23. The predicted octanol–water partition coefficient (Wildman–Crippen LogP) is 1.27. The number of hydrogen-bond donors (Lipinski definition) is 1. The molecule has 9 heteroatoms. The van der Waals surface area contributed by atoms with E-state index in [2.05, 4.69) is 30.2 Å². The van der Waals surface area contributed by atoms with Crippen molar-refractivity contribution in [3.63, 3.8) is 0 Å². The fourth-order valence-electron chi connectivity index (χ4n) is 3.41. The predicted molar refractivity (Wildman–Crippen MR) is 99.7 cm³/mol. The van der Waals surface area contributed by atoms with Crippen LogP contribution in [0.4, 0.5) is 5.82 Å². The van der Waals surface area contributed by atoms with Gasteiger partial charge in [0.25, 0.3) is 5.91 Å². The summed E-state index contributed by atoms with van der Waals surface area (Å²) in [6.07, 6.45) is 1.58. The molecule has 0 atom stereocenters. The van der Waals surface area contributed by atoms with Gasteiger partial charge in [-0.1, -0.05) is 0 Å². The first-order valence-corrected chi connectivity index (χ1v) is 8.74. The lowest BCUT2D eigenvalue weighted by molar-refractivity contribution is 0.0705. The number of aromatic amines is 1. The first kappa shape index (κ1) is 15.7. The standard InChI is InChI=1S/C18H18N8O/c1-11-20-14-4-3-12(7-15(14)21-11)18(27)24(2)13-8-25(9-13)17-6-5-16-22-19-10-26(16)23-17/h3-7,10,13H,8-9H2,1-2H3,(H,20,21). The van der Waals surface area contributed by atoms with Crippen molar-refractivity contribution < 1.29 is 4.79 Å². The Morgan fingerprint density at radius 3 is 2.96 bits per heavy atom. The molecule has 5 rings (SSSR count). The zero-order valence-electron chi connectivity index (χ0n) is 15.0. The van der Waals surface area contributed by atoms with Crippen molar-refractivity contribution in [2.24, 2.45) is 0 Å². The van der Waals surface area contributed by atoms with Crippen LogP contribution in [-0.2, 0) is 0 Å². The van der Waals surface area contributed by atoms with E-state index in [9.17, 15) is 4.79 Å². The minimum atomic E-state index is 0.0102. The van der Waals surface area contributed by atoms with Gasteiger partial charge in [-0.3, -0.25) is 4.79 Å². The van der Waals surface area contributed by atoms with Gasteiger partial charge in [-0.05, 0) is 37.3 Å². The summed E-state index contributed by atoms with van der Waals surface area (Å²) in [7, 11) is 1.85. The molecule has 0 unspecified atom stereocenters. The molecular formula is C18H18N8O. The van der Waals surface area contributed by atoms with Gasteiger partial charge in [0.05, 0.1) is 17.1 Å². The normalized spacial score (nSPS) is 14.7. The molecule has 0 bridgehead atoms. The Bertz CT molecular complexity index is 1160. The highest BCUT2D eigenvalue weighted by molar-refractivity contribution is 5.97. The molecule has 3 aromatic heterocycles. The lowest BCUT2D eigenvalue weighted by Crippen LogP contribution is -2.60. The smallest absolute Gasteiger partial charge is 0.254 e. The van der Waals surface area contributed by atoms with Crippen LogP contribution in [0, 0.1) is 6.92 Å². The molecule has 1 aliphatic rings. The van der Waals surface area contributed by atoms with Crippen molar-refractivity contribution >= 4 is 28.4 Å². The largest absolute Gasteiger partial charge is 0.351 e. The molecule has 4 aromatic rings. The van der Waals surface area contributed by atoms with E-state index in [1.54, 1.807) is 15.7 Å². The van der Waals surface area contributed by atoms with Gasteiger partial charge in [-0.2, -0.15) is 4.52 Å². The molecule has 0 aliphatic carbocycles. The van der Waals surface area contributed by atoms with Crippen LogP contribution in [0.15, 0.2) is 36.7 Å². The molecule has 1 amide bonds. The number of likely N-dealkylation sites (N-methyl/N-ethyl adjacent to an activating group) is 1. The highest BCUT2D eigenvalue weighted by Gasteiger charge is 2.33. The molecule has 1 fully saturated rings. The second kappa shape index (κ2) is 5.76. The quantitative estimate of drug-likeness (QED) is 0.590. The van der Waals surface area contributed by atoms with E-state index in [-0.39, 0.29) is 11.9 Å². The van der Waals surface area contributed by atoms with Crippen LogP contribution in [0.5, 0.6) is 0 Å². The van der Waals surface area contributed by atoms with Gasteiger partial charge < -0.3 is 14.8 Å². The van der Waals surface area contributed by atoms with Crippen LogP contribution >= 0.6 is 0 Å². The summed E-state index contributed by atoms with van der Waals surface area (Å²) in [5.41, 5.74) is 3.13. The fourth-order valence-corrected chi connectivity index (χ4v) is 3.41. The van der Waals surface area contributed by atoms with Crippen molar-refractivity contribution in [2.45, 2.75) is 13.0 Å². The van der Waals surface area contributed by atoms with Gasteiger partial charge >= 0.3 is 0 Å². The second-order valence-corrected chi connectivity index (χ2v) is 6.85. The Morgan fingerprint density at radius 2 is 2.11 bits per heavy atom. The van der Waals surface area contributed by atoms with E-state index >= 15 is 0 Å². The number of nitrogens with one attached hydrogen (secondary N) is 1. The number of amides is 1. The van der Waals surface area contributed by atoms with Gasteiger partial charge in [0.15, 0.2) is 5.65 Å². The van der Waals surface area contributed by atoms with Gasteiger partial charge in [0, 0.05) is 25.7 Å². The van der Waals surface area contributed by atoms with E-state index in [1.165, 1.54) is 0 Å². The molecule has 4 heterocycles. The summed E-state index contributed by atoms with van der Waals surface area (Å²) in [5.74, 6) is 1.71. The third-order valence-electron chi connectivity index (χ3n) is 5.05. The third-order valence-corrected chi connectivity index (χ3v) is 5.05. The van der Waals surface area contributed by atoms with Gasteiger partial charge in [-0.15, -0.1) is 15.3 Å². The van der Waals surface area contributed by atoms with Crippen LogP contribution in [-0.4, -0.2) is 66.8 Å². The van der Waals surface area contributed by atoms with Crippen molar-refractivity contribution in [3.8, 4) is 0 Å². The molecular weight excluding hydrogens is 344 g/mol. The summed E-state index contributed by atoms with van der Waals surface area (Å²) in [6, 6.07) is 9.54. The minimum absolute atomic E-state index is 0.0102. The Balaban J connectivity index is 1.29. The number of nitrogens with zero attached hydrogens (tertiary/aromatic N) is 7. The lowest BCUT2D eigenvalue weighted by atomic mass is 10.1. The Labute approximate surface area is 154 Å². The van der Waals surface area contributed by atoms with Crippen molar-refractivity contribution in [3.05, 3.63) is 48.0 Å². The fraction of sp³-hybridized carbons (Fsp3) is 0.278. The minimum Gasteiger partial charge on any atom is -0.351 e. The number of fused-ring (bicyclic) bond motifs is 2. The number of H-pyrrole nitrogens is 1. The second-order valence-electron chi connectivity index (χ2n) is 6.85. The zero-order chi connectivity index (χ0) is 18.5. The van der Waals surface area contributed by atoms with E-state index in [0.717, 1.165) is 35.8 Å². The third kappa shape index (κ3) is 2.59. The SMILES string of the molecule is Cc1nc2ccc(C(=O)N(C)C3CN(c4ccc5nncn5n4)C3)cc2[nH]1. The van der Waals surface area contributed by atoms with Gasteiger partial charge in [0.2, 0.25) is 0 Å². The van der Waals surface area contributed by atoms with Crippen molar-refractivity contribution in [2.75, 3.05) is 25.0 Å². The molecule has 1 saturated heterocycles. The van der Waals surface area contributed by atoms with Crippen LogP contribution < -0.4 is 4.90 Å². The van der Waals surface area contributed by atoms with Crippen LogP contribution in [0.25, 0.3) is 16.7 Å². The topological polar surface area (TPSA) is 95.3 Å². The summed E-state index contributed by atoms with van der Waals surface area (Å²) < 4.78 is 1.65. The first-order chi connectivity index (χ1) is 13.1. The van der Waals surface area contributed by atoms with Crippen LogP contribution in [0.2, 0.25) is 0 Å². The van der Waals surface area contributed by atoms with Gasteiger partial charge in [0.1, 0.15) is 18.0 Å². The molecule has 9 nitrogen and oxygen atoms in total. The first-order valence-electron chi connectivity index (χ1n) is 8.74. The number of anilines is 1. The Morgan fingerprint density at radius 1 is 1.26 bits per heavy atom. The maximum atomic E-state index is 12.8. The van der Waals surface area contributed by atoms with Crippen molar-refractivity contribution in [1.29, 1.82) is 0 Å². The summed E-state index contributed by atoms with van der Waals surface area (Å²) in [6.45, 7) is 3.39. The zero-order valence-corrected chi connectivity index (χ0v) is 15.0. The van der Waals surface area contributed by atoms with E-state index < -0.39 is 0 Å². The average molecular weight is 362 g/mol. The monoisotopic (exact) mass is 362 g/mol. The number of carbonyl (C=O) groups excluding carboxylic acids is 1. The highest BCUT2D eigenvalue weighted by atomic mass is 16.2. The number of aromatic nitrogens is 6. The maximum Gasteiger partial charge on any atom is 0.254 e. The molecule has 0 spiro atoms. The van der Waals surface area contributed by atoms with E-state index in [1.807, 2.05) is 44.3 Å². The molecule has 0 radical (unpaired) electrons. The molecule has 0 saturated carbocycles. The number of rotatable bonds is 3. The maximum absolute atomic E-state index is 12.8. The van der Waals surface area contributed by atoms with Crippen molar-refractivity contribution in [1.82, 2.24) is 34.7 Å². The Hall–Kier alpha value is -3.49. The molecule has 136 valence electrons. The molecule has 1 aromatic carbocycles. The molecule has 1 N–H and O–H groups in total. The number of aryl methyl sites for hydroxylation is 1. The van der Waals surface area contributed by atoms with Gasteiger partial charge in [-0.25, -0.2) is 4.98 Å². The van der Waals surface area contributed by atoms with Crippen LogP contribution in [0.3, 0.4) is 0 Å². The molecule has 27 heavy (non-hydrogen) atoms. The van der Waals surface area contributed by atoms with Crippen LogP contribution in [0.1, 0.15) is 16.2 Å². The summed E-state index contributed by atoms with van der Waals surface area (Å²) >= 11 is 0.